The Hall–Kier alpha value is -3.32. The fourth-order valence-corrected chi connectivity index (χ4v) is 5.18. The molecule has 2 aromatic carbocycles. The van der Waals surface area contributed by atoms with E-state index in [2.05, 4.69) is 23.5 Å². The number of fused-ring (bicyclic) bond motifs is 1. The quantitative estimate of drug-likeness (QED) is 0.561. The minimum atomic E-state index is -0.408. The number of aliphatic imine (C=N–C) groups is 1. The third-order valence-electron chi connectivity index (χ3n) is 5.90. The van der Waals surface area contributed by atoms with Crippen molar-refractivity contribution in [2.24, 2.45) is 4.99 Å². The van der Waals surface area contributed by atoms with Crippen LogP contribution in [0.25, 0.3) is 0 Å². The van der Waals surface area contributed by atoms with Crippen molar-refractivity contribution >= 4 is 28.8 Å². The lowest BCUT2D eigenvalue weighted by atomic mass is 9.90. The first-order valence-corrected chi connectivity index (χ1v) is 12.3. The summed E-state index contributed by atoms with van der Waals surface area (Å²) < 4.78 is 5.43. The Bertz CT molecular complexity index is 1200. The standard InChI is InChI=1S/C27H29N3O3S/c1-5-33-26(32)24-19(4)29-27-30(25(24)22-13-17(2)11-12-18(22)3)21(16-34-27)14-23(31)28-15-20-9-7-6-8-10-20/h6-13,16,25H,5,14-15H2,1-4H3,(H,28,31)/t25-/m1/s1. The lowest BCUT2D eigenvalue weighted by Gasteiger charge is -2.37. The van der Waals surface area contributed by atoms with Crippen LogP contribution in [0.1, 0.15) is 48.6 Å². The van der Waals surface area contributed by atoms with E-state index >= 15 is 0 Å². The fraction of sp³-hybridized carbons (Fsp3) is 0.296. The molecule has 0 aliphatic carbocycles. The second-order valence-corrected chi connectivity index (χ2v) is 9.25. The zero-order valence-electron chi connectivity index (χ0n) is 19.9. The predicted molar refractivity (Wildman–Crippen MR) is 136 cm³/mol. The Balaban J connectivity index is 1.65. The number of amidine groups is 1. The summed E-state index contributed by atoms with van der Waals surface area (Å²) in [6.07, 6.45) is 0.190. The number of rotatable bonds is 7. The Labute approximate surface area is 204 Å². The highest BCUT2D eigenvalue weighted by Gasteiger charge is 2.41. The van der Waals surface area contributed by atoms with Gasteiger partial charge in [0.25, 0.3) is 0 Å². The van der Waals surface area contributed by atoms with Crippen LogP contribution in [0.2, 0.25) is 0 Å². The molecule has 0 radical (unpaired) electrons. The van der Waals surface area contributed by atoms with Crippen molar-refractivity contribution in [3.8, 4) is 0 Å². The number of nitrogens with one attached hydrogen (secondary N) is 1. The molecule has 6 nitrogen and oxygen atoms in total. The zero-order chi connectivity index (χ0) is 24.2. The minimum Gasteiger partial charge on any atom is -0.463 e. The van der Waals surface area contributed by atoms with Gasteiger partial charge in [0, 0.05) is 12.2 Å². The van der Waals surface area contributed by atoms with Crippen LogP contribution in [0.3, 0.4) is 0 Å². The van der Waals surface area contributed by atoms with Crippen molar-refractivity contribution < 1.29 is 14.3 Å². The maximum absolute atomic E-state index is 13.1. The molecule has 34 heavy (non-hydrogen) atoms. The summed E-state index contributed by atoms with van der Waals surface area (Å²) in [5, 5.41) is 5.73. The number of hydrogen-bond acceptors (Lipinski definition) is 6. The van der Waals surface area contributed by atoms with Gasteiger partial charge in [-0.05, 0) is 49.8 Å². The Morgan fingerprint density at radius 1 is 1.12 bits per heavy atom. The van der Waals surface area contributed by atoms with Crippen LogP contribution in [0.5, 0.6) is 0 Å². The molecule has 0 saturated heterocycles. The summed E-state index contributed by atoms with van der Waals surface area (Å²) in [6.45, 7) is 8.47. The molecule has 176 valence electrons. The maximum Gasteiger partial charge on any atom is 0.338 e. The Kier molecular flexibility index (Phi) is 7.22. The van der Waals surface area contributed by atoms with E-state index in [0.717, 1.165) is 33.1 Å². The predicted octanol–water partition coefficient (Wildman–Crippen LogP) is 5.15. The monoisotopic (exact) mass is 475 g/mol. The first-order chi connectivity index (χ1) is 16.4. The van der Waals surface area contributed by atoms with Crippen LogP contribution < -0.4 is 5.32 Å². The van der Waals surface area contributed by atoms with E-state index in [1.54, 1.807) is 6.92 Å². The van der Waals surface area contributed by atoms with Crippen molar-refractivity contribution in [1.82, 2.24) is 10.2 Å². The van der Waals surface area contributed by atoms with Crippen molar-refractivity contribution in [3.05, 3.63) is 93.2 Å². The van der Waals surface area contributed by atoms with Crippen LogP contribution in [-0.2, 0) is 20.9 Å². The summed E-state index contributed by atoms with van der Waals surface area (Å²) in [5.74, 6) is -0.459. The maximum atomic E-state index is 13.1. The average molecular weight is 476 g/mol. The molecule has 0 bridgehead atoms. The topological polar surface area (TPSA) is 71.0 Å². The molecule has 1 N–H and O–H groups in total. The van der Waals surface area contributed by atoms with E-state index in [-0.39, 0.29) is 24.9 Å². The first kappa shape index (κ1) is 23.8. The summed E-state index contributed by atoms with van der Waals surface area (Å²) in [4.78, 5) is 32.7. The van der Waals surface area contributed by atoms with Crippen LogP contribution in [0.4, 0.5) is 0 Å². The average Bonchev–Trinajstić information content (AvgIpc) is 3.21. The number of amides is 1. The van der Waals surface area contributed by atoms with Gasteiger partial charge in [-0.2, -0.15) is 0 Å². The van der Waals surface area contributed by atoms with Gasteiger partial charge in [-0.1, -0.05) is 65.9 Å². The van der Waals surface area contributed by atoms with E-state index in [1.807, 2.05) is 61.4 Å². The van der Waals surface area contributed by atoms with Gasteiger partial charge in [0.15, 0.2) is 5.17 Å². The van der Waals surface area contributed by atoms with E-state index in [4.69, 9.17) is 9.73 Å². The highest BCUT2D eigenvalue weighted by Crippen LogP contribution is 2.45. The number of carbonyl (C=O) groups is 2. The fourth-order valence-electron chi connectivity index (χ4n) is 4.21. The number of carbonyl (C=O) groups excluding carboxylic acids is 2. The molecular weight excluding hydrogens is 446 g/mol. The number of esters is 1. The second-order valence-electron chi connectivity index (χ2n) is 8.41. The molecule has 0 spiro atoms. The Morgan fingerprint density at radius 3 is 2.62 bits per heavy atom. The molecule has 0 fully saturated rings. The molecule has 7 heteroatoms. The molecule has 1 atom stereocenters. The summed E-state index contributed by atoms with van der Waals surface area (Å²) >= 11 is 1.48. The van der Waals surface area contributed by atoms with E-state index in [9.17, 15) is 9.59 Å². The lowest BCUT2D eigenvalue weighted by molar-refractivity contribution is -0.139. The van der Waals surface area contributed by atoms with Gasteiger partial charge in [-0.25, -0.2) is 9.79 Å². The van der Waals surface area contributed by atoms with Crippen molar-refractivity contribution in [1.29, 1.82) is 0 Å². The third-order valence-corrected chi connectivity index (χ3v) is 6.79. The first-order valence-electron chi connectivity index (χ1n) is 11.4. The molecule has 1 amide bonds. The highest BCUT2D eigenvalue weighted by molar-refractivity contribution is 8.16. The van der Waals surface area contributed by atoms with E-state index < -0.39 is 6.04 Å². The minimum absolute atomic E-state index is 0.0828. The summed E-state index contributed by atoms with van der Waals surface area (Å²) in [7, 11) is 0. The Morgan fingerprint density at radius 2 is 1.88 bits per heavy atom. The van der Waals surface area contributed by atoms with Gasteiger partial charge in [-0.3, -0.25) is 4.79 Å². The number of hydrogen-bond donors (Lipinski definition) is 1. The molecule has 0 unspecified atom stereocenters. The highest BCUT2D eigenvalue weighted by atomic mass is 32.2. The molecular formula is C27H29N3O3S. The number of thioether (sulfide) groups is 1. The zero-order valence-corrected chi connectivity index (χ0v) is 20.7. The lowest BCUT2D eigenvalue weighted by Crippen LogP contribution is -2.38. The summed E-state index contributed by atoms with van der Waals surface area (Å²) in [5.41, 5.74) is 6.19. The smallest absolute Gasteiger partial charge is 0.338 e. The van der Waals surface area contributed by atoms with Crippen molar-refractivity contribution in [2.45, 2.75) is 46.7 Å². The van der Waals surface area contributed by atoms with E-state index in [0.29, 0.717) is 17.8 Å². The molecule has 0 aromatic heterocycles. The largest absolute Gasteiger partial charge is 0.463 e. The van der Waals surface area contributed by atoms with Gasteiger partial charge in [0.05, 0.1) is 30.3 Å². The second kappa shape index (κ2) is 10.3. The van der Waals surface area contributed by atoms with Crippen LogP contribution in [0.15, 0.2) is 75.9 Å². The number of nitrogens with zero attached hydrogens (tertiary/aromatic N) is 2. The normalized spacial score (nSPS) is 17.2. The SMILES string of the molecule is CCOC(=O)C1=C(C)N=C2SC=C(CC(=O)NCc3ccccc3)N2[C@@H]1c1cc(C)ccc1C. The third kappa shape index (κ3) is 4.94. The van der Waals surface area contributed by atoms with Crippen molar-refractivity contribution in [3.63, 3.8) is 0 Å². The molecule has 2 aliphatic rings. The van der Waals surface area contributed by atoms with Gasteiger partial charge >= 0.3 is 5.97 Å². The van der Waals surface area contributed by atoms with Crippen LogP contribution >= 0.6 is 11.8 Å². The van der Waals surface area contributed by atoms with Crippen LogP contribution in [-0.4, -0.2) is 28.6 Å². The van der Waals surface area contributed by atoms with Gasteiger partial charge in [-0.15, -0.1) is 0 Å². The van der Waals surface area contributed by atoms with Gasteiger partial charge < -0.3 is 15.0 Å². The number of allylic oxidation sites excluding steroid dienone is 1. The molecule has 2 aromatic rings. The van der Waals surface area contributed by atoms with Gasteiger partial charge in [0.2, 0.25) is 5.91 Å². The number of benzene rings is 2. The molecule has 2 aliphatic heterocycles. The summed E-state index contributed by atoms with van der Waals surface area (Å²) in [6, 6.07) is 15.6. The van der Waals surface area contributed by atoms with Crippen LogP contribution in [0, 0.1) is 13.8 Å². The molecule has 2 heterocycles. The van der Waals surface area contributed by atoms with Gasteiger partial charge in [0.1, 0.15) is 0 Å². The number of aryl methyl sites for hydroxylation is 2. The van der Waals surface area contributed by atoms with Crippen molar-refractivity contribution in [2.75, 3.05) is 6.61 Å². The number of ether oxygens (including phenoxy) is 1. The molecule has 4 rings (SSSR count). The van der Waals surface area contributed by atoms with E-state index in [1.165, 1.54) is 11.8 Å². The molecule has 0 saturated carbocycles.